The molecule has 1 fully saturated rings. The van der Waals surface area contributed by atoms with E-state index in [1.165, 1.54) is 0 Å². The van der Waals surface area contributed by atoms with Gasteiger partial charge in [-0.2, -0.15) is 5.10 Å². The number of hydrogen-bond donors (Lipinski definition) is 1. The summed E-state index contributed by atoms with van der Waals surface area (Å²) in [4.78, 5) is 21.3. The molecular formula is C27H30N6O2. The van der Waals surface area contributed by atoms with Crippen molar-refractivity contribution in [1.29, 1.82) is 0 Å². The Balaban J connectivity index is 1.31. The number of piperazine rings is 1. The number of fused-ring (bicyclic) bond motifs is 1. The molecule has 0 bridgehead atoms. The summed E-state index contributed by atoms with van der Waals surface area (Å²) in [6.45, 7) is 6.91. The number of ether oxygens (including phenoxy) is 1. The molecule has 35 heavy (non-hydrogen) atoms. The minimum absolute atomic E-state index is 0.132. The number of benzene rings is 2. The van der Waals surface area contributed by atoms with Crippen LogP contribution < -0.4 is 10.6 Å². The van der Waals surface area contributed by atoms with Gasteiger partial charge in [0, 0.05) is 37.8 Å². The van der Waals surface area contributed by atoms with Crippen molar-refractivity contribution in [3.05, 3.63) is 83.8 Å². The molecule has 1 saturated heterocycles. The molecule has 3 heterocycles. The maximum Gasteiger partial charge on any atom is 0.410 e. The normalized spacial score (nSPS) is 16.0. The van der Waals surface area contributed by atoms with Crippen LogP contribution in [0.3, 0.4) is 0 Å². The molecular weight excluding hydrogens is 440 g/mol. The molecule has 2 aromatic carbocycles. The van der Waals surface area contributed by atoms with E-state index in [4.69, 9.17) is 10.5 Å². The van der Waals surface area contributed by atoms with Gasteiger partial charge in [0.15, 0.2) is 0 Å². The monoisotopic (exact) mass is 470 g/mol. The van der Waals surface area contributed by atoms with Gasteiger partial charge < -0.3 is 20.3 Å². The second kappa shape index (κ2) is 9.76. The summed E-state index contributed by atoms with van der Waals surface area (Å²) in [5, 5.41) is 4.43. The minimum atomic E-state index is -0.271. The molecule has 0 saturated carbocycles. The average Bonchev–Trinajstić information content (AvgIpc) is 3.32. The van der Waals surface area contributed by atoms with Crippen molar-refractivity contribution in [2.24, 2.45) is 5.73 Å². The zero-order valence-electron chi connectivity index (χ0n) is 20.1. The molecule has 1 amide bonds. The number of rotatable bonds is 5. The summed E-state index contributed by atoms with van der Waals surface area (Å²) in [5.41, 5.74) is 13.0. The smallest absolute Gasteiger partial charge is 0.410 e. The number of nitrogens with two attached hydrogens (primary N) is 1. The van der Waals surface area contributed by atoms with Gasteiger partial charge >= 0.3 is 6.09 Å². The highest BCUT2D eigenvalue weighted by molar-refractivity contribution is 5.80. The van der Waals surface area contributed by atoms with E-state index in [0.717, 1.165) is 39.2 Å². The van der Waals surface area contributed by atoms with Crippen molar-refractivity contribution in [2.45, 2.75) is 33.0 Å². The van der Waals surface area contributed by atoms with Crippen molar-refractivity contribution in [1.82, 2.24) is 19.5 Å². The lowest BCUT2D eigenvalue weighted by molar-refractivity contribution is 0.0898. The molecule has 0 unspecified atom stereocenters. The predicted molar refractivity (Wildman–Crippen MR) is 136 cm³/mol. The fourth-order valence-corrected chi connectivity index (χ4v) is 4.69. The van der Waals surface area contributed by atoms with Crippen LogP contribution in [0.5, 0.6) is 0 Å². The molecule has 4 aromatic rings. The standard InChI is InChI=1S/C27H30N6O2/c1-19-12-22(8-9-23(19)14-28)26-25-13-24(16-33(25)30-18-29-26)32-11-10-31(15-20(32)2)27(34)35-17-21-6-4-3-5-7-21/h3-9,12-13,16,18,20H,10-11,14-15,17,28H2,1-2H3/t20-/m0/s1. The van der Waals surface area contributed by atoms with Crippen LogP contribution in [0, 0.1) is 6.92 Å². The number of anilines is 1. The largest absolute Gasteiger partial charge is 0.445 e. The first-order chi connectivity index (χ1) is 17.0. The summed E-state index contributed by atoms with van der Waals surface area (Å²) in [5.74, 6) is 0. The Hall–Kier alpha value is -3.91. The van der Waals surface area contributed by atoms with Gasteiger partial charge in [0.05, 0.1) is 23.1 Å². The first-order valence-electron chi connectivity index (χ1n) is 11.9. The predicted octanol–water partition coefficient (Wildman–Crippen LogP) is 4.01. The van der Waals surface area contributed by atoms with Crippen molar-refractivity contribution in [2.75, 3.05) is 24.5 Å². The fourth-order valence-electron chi connectivity index (χ4n) is 4.69. The van der Waals surface area contributed by atoms with E-state index >= 15 is 0 Å². The van der Waals surface area contributed by atoms with Gasteiger partial charge in [0.1, 0.15) is 12.9 Å². The van der Waals surface area contributed by atoms with Gasteiger partial charge in [0.25, 0.3) is 0 Å². The van der Waals surface area contributed by atoms with Crippen LogP contribution in [0.15, 0.2) is 67.1 Å². The Labute approximate surface area is 204 Å². The van der Waals surface area contributed by atoms with E-state index in [-0.39, 0.29) is 18.7 Å². The van der Waals surface area contributed by atoms with Crippen LogP contribution in [0.1, 0.15) is 23.6 Å². The van der Waals surface area contributed by atoms with Gasteiger partial charge in [-0.25, -0.2) is 14.3 Å². The molecule has 0 aliphatic carbocycles. The van der Waals surface area contributed by atoms with E-state index in [2.05, 4.69) is 53.1 Å². The zero-order chi connectivity index (χ0) is 24.4. The molecule has 5 rings (SSSR count). The fraction of sp³-hybridized carbons (Fsp3) is 0.296. The lowest BCUT2D eigenvalue weighted by Gasteiger charge is -2.40. The van der Waals surface area contributed by atoms with Crippen LogP contribution in [0.4, 0.5) is 10.5 Å². The Kier molecular flexibility index (Phi) is 6.37. The van der Waals surface area contributed by atoms with Gasteiger partial charge in [-0.1, -0.05) is 42.5 Å². The maximum absolute atomic E-state index is 12.6. The third-order valence-corrected chi connectivity index (χ3v) is 6.65. The van der Waals surface area contributed by atoms with Crippen molar-refractivity contribution < 1.29 is 9.53 Å². The summed E-state index contributed by atoms with van der Waals surface area (Å²) >= 11 is 0. The van der Waals surface area contributed by atoms with E-state index in [1.54, 1.807) is 11.2 Å². The van der Waals surface area contributed by atoms with Crippen LogP contribution in [-0.4, -0.2) is 51.3 Å². The molecule has 180 valence electrons. The summed E-state index contributed by atoms with van der Waals surface area (Å²) < 4.78 is 7.41. The van der Waals surface area contributed by atoms with Crippen LogP contribution in [0.2, 0.25) is 0 Å². The number of amides is 1. The molecule has 1 aliphatic rings. The first-order valence-corrected chi connectivity index (χ1v) is 11.9. The molecule has 2 aromatic heterocycles. The van der Waals surface area contributed by atoms with Crippen molar-refractivity contribution >= 4 is 17.3 Å². The number of carbonyl (C=O) groups excluding carboxylic acids is 1. The van der Waals surface area contributed by atoms with E-state index < -0.39 is 0 Å². The molecule has 0 radical (unpaired) electrons. The second-order valence-electron chi connectivity index (χ2n) is 9.01. The van der Waals surface area contributed by atoms with E-state index in [0.29, 0.717) is 26.2 Å². The van der Waals surface area contributed by atoms with Crippen molar-refractivity contribution in [3.63, 3.8) is 0 Å². The molecule has 1 aliphatic heterocycles. The third-order valence-electron chi connectivity index (χ3n) is 6.65. The van der Waals surface area contributed by atoms with Gasteiger partial charge in [-0.3, -0.25) is 0 Å². The summed E-state index contributed by atoms with van der Waals surface area (Å²) in [6.07, 6.45) is 3.34. The second-order valence-corrected chi connectivity index (χ2v) is 9.01. The Morgan fingerprint density at radius 1 is 1.14 bits per heavy atom. The van der Waals surface area contributed by atoms with Crippen LogP contribution in [0.25, 0.3) is 16.8 Å². The zero-order valence-corrected chi connectivity index (χ0v) is 20.1. The number of nitrogens with zero attached hydrogens (tertiary/aromatic N) is 5. The number of aryl methyl sites for hydroxylation is 1. The minimum Gasteiger partial charge on any atom is -0.445 e. The molecule has 1 atom stereocenters. The molecule has 2 N–H and O–H groups in total. The van der Waals surface area contributed by atoms with Gasteiger partial charge in [-0.05, 0) is 42.7 Å². The molecule has 8 heteroatoms. The topological polar surface area (TPSA) is 89.0 Å². The third kappa shape index (κ3) is 4.70. The van der Waals surface area contributed by atoms with Gasteiger partial charge in [0.2, 0.25) is 0 Å². The number of hydrogen-bond acceptors (Lipinski definition) is 6. The lowest BCUT2D eigenvalue weighted by atomic mass is 10.0. The van der Waals surface area contributed by atoms with E-state index in [9.17, 15) is 4.79 Å². The quantitative estimate of drug-likeness (QED) is 0.474. The highest BCUT2D eigenvalue weighted by Gasteiger charge is 2.28. The Morgan fingerprint density at radius 3 is 2.71 bits per heavy atom. The van der Waals surface area contributed by atoms with Crippen molar-refractivity contribution in [3.8, 4) is 11.3 Å². The highest BCUT2D eigenvalue weighted by Crippen LogP contribution is 2.29. The van der Waals surface area contributed by atoms with Crippen LogP contribution >= 0.6 is 0 Å². The maximum atomic E-state index is 12.6. The molecule has 8 nitrogen and oxygen atoms in total. The molecule has 0 spiro atoms. The Morgan fingerprint density at radius 2 is 1.97 bits per heavy atom. The number of aromatic nitrogens is 3. The average molecular weight is 471 g/mol. The van der Waals surface area contributed by atoms with E-state index in [1.807, 2.05) is 41.0 Å². The number of carbonyl (C=O) groups is 1. The first kappa shape index (κ1) is 22.9. The lowest BCUT2D eigenvalue weighted by Crippen LogP contribution is -2.53. The Bertz CT molecular complexity index is 1340. The van der Waals surface area contributed by atoms with Crippen LogP contribution in [-0.2, 0) is 17.9 Å². The van der Waals surface area contributed by atoms with Gasteiger partial charge in [-0.15, -0.1) is 0 Å². The highest BCUT2D eigenvalue weighted by atomic mass is 16.6. The summed E-state index contributed by atoms with van der Waals surface area (Å²) in [7, 11) is 0. The summed E-state index contributed by atoms with van der Waals surface area (Å²) in [6, 6.07) is 18.3. The SMILES string of the molecule is Cc1cc(-c2ncnn3cc(N4CCN(C(=O)OCc5ccccc5)C[C@@H]4C)cc23)ccc1CN.